The zero-order valence-electron chi connectivity index (χ0n) is 14.9. The van der Waals surface area contributed by atoms with Gasteiger partial charge in [0.2, 0.25) is 0 Å². The van der Waals surface area contributed by atoms with Gasteiger partial charge >= 0.3 is 0 Å². The Kier molecular flexibility index (Phi) is 10.2. The van der Waals surface area contributed by atoms with Crippen molar-refractivity contribution in [1.82, 2.24) is 0 Å². The SMILES string of the molecule is [Pd].c1ccc(Pc2ccccc2)cc1.c1ccc(Pc2ccccc2)cc1. The van der Waals surface area contributed by atoms with Gasteiger partial charge in [0.05, 0.1) is 0 Å². The Labute approximate surface area is 179 Å². The molecule has 138 valence electrons. The van der Waals surface area contributed by atoms with E-state index in [9.17, 15) is 0 Å². The summed E-state index contributed by atoms with van der Waals surface area (Å²) < 4.78 is 0. The van der Waals surface area contributed by atoms with Crippen molar-refractivity contribution < 1.29 is 20.4 Å². The standard InChI is InChI=1S/2C12H11P.Pd/c2*1-3-7-11(8-4-1)13-12-9-5-2-6-10-12;/h2*1-10,13H;. The van der Waals surface area contributed by atoms with Gasteiger partial charge in [-0.2, -0.15) is 0 Å². The second kappa shape index (κ2) is 12.7. The number of hydrogen-bond acceptors (Lipinski definition) is 0. The largest absolute Gasteiger partial charge is 0.0622 e. The first-order valence-electron chi connectivity index (χ1n) is 8.64. The molecule has 4 aromatic carbocycles. The molecule has 0 N–H and O–H groups in total. The van der Waals surface area contributed by atoms with E-state index in [0.29, 0.717) is 0 Å². The first-order chi connectivity index (χ1) is 12.9. The molecular weight excluding hydrogens is 457 g/mol. The van der Waals surface area contributed by atoms with Crippen LogP contribution in [0.1, 0.15) is 0 Å². The minimum absolute atomic E-state index is 0. The van der Waals surface area contributed by atoms with Gasteiger partial charge in [0.1, 0.15) is 0 Å². The molecule has 0 radical (unpaired) electrons. The topological polar surface area (TPSA) is 0 Å². The number of rotatable bonds is 4. The van der Waals surface area contributed by atoms with Crippen LogP contribution in [0.5, 0.6) is 0 Å². The van der Waals surface area contributed by atoms with Crippen LogP contribution in [-0.4, -0.2) is 0 Å². The molecule has 0 spiro atoms. The van der Waals surface area contributed by atoms with Crippen LogP contribution in [0.15, 0.2) is 121 Å². The molecule has 27 heavy (non-hydrogen) atoms. The van der Waals surface area contributed by atoms with Crippen molar-refractivity contribution >= 4 is 38.4 Å². The molecule has 0 bridgehead atoms. The zero-order valence-corrected chi connectivity index (χ0v) is 18.4. The molecule has 0 aromatic heterocycles. The molecule has 0 aliphatic carbocycles. The molecule has 0 unspecified atom stereocenters. The number of hydrogen-bond donors (Lipinski definition) is 0. The van der Waals surface area contributed by atoms with E-state index in [1.165, 1.54) is 21.2 Å². The molecule has 4 aromatic rings. The predicted octanol–water partition coefficient (Wildman–Crippen LogP) is 4.63. The fraction of sp³-hybridized carbons (Fsp3) is 0. The Balaban J connectivity index is 0.000000187. The van der Waals surface area contributed by atoms with E-state index < -0.39 is 0 Å². The molecule has 0 atom stereocenters. The fourth-order valence-corrected chi connectivity index (χ4v) is 4.52. The summed E-state index contributed by atoms with van der Waals surface area (Å²) in [7, 11) is 1.55. The van der Waals surface area contributed by atoms with Crippen LogP contribution in [0.25, 0.3) is 0 Å². The summed E-state index contributed by atoms with van der Waals surface area (Å²) in [6.07, 6.45) is 0. The third kappa shape index (κ3) is 8.30. The smallest absolute Gasteiger partial charge is 0 e. The van der Waals surface area contributed by atoms with E-state index >= 15 is 0 Å². The monoisotopic (exact) mass is 478 g/mol. The van der Waals surface area contributed by atoms with Crippen LogP contribution in [0, 0.1) is 0 Å². The number of benzene rings is 4. The second-order valence-corrected chi connectivity index (χ2v) is 8.52. The van der Waals surface area contributed by atoms with Crippen molar-refractivity contribution in [2.24, 2.45) is 0 Å². The Morgan fingerprint density at radius 3 is 0.667 bits per heavy atom. The summed E-state index contributed by atoms with van der Waals surface area (Å²) in [5.41, 5.74) is 0. The van der Waals surface area contributed by atoms with Crippen molar-refractivity contribution in [3.05, 3.63) is 121 Å². The first kappa shape index (κ1) is 21.7. The van der Waals surface area contributed by atoms with Gasteiger partial charge in [0.25, 0.3) is 0 Å². The predicted molar refractivity (Wildman–Crippen MR) is 121 cm³/mol. The Morgan fingerprint density at radius 1 is 0.296 bits per heavy atom. The zero-order chi connectivity index (χ0) is 17.9. The quantitative estimate of drug-likeness (QED) is 0.296. The van der Waals surface area contributed by atoms with Crippen molar-refractivity contribution in [3.8, 4) is 0 Å². The van der Waals surface area contributed by atoms with Gasteiger partial charge in [0.15, 0.2) is 0 Å². The van der Waals surface area contributed by atoms with E-state index in [4.69, 9.17) is 0 Å². The van der Waals surface area contributed by atoms with E-state index in [2.05, 4.69) is 121 Å². The van der Waals surface area contributed by atoms with E-state index in [1.54, 1.807) is 0 Å². The Morgan fingerprint density at radius 2 is 0.481 bits per heavy atom. The summed E-state index contributed by atoms with van der Waals surface area (Å²) in [6.45, 7) is 0. The second-order valence-electron chi connectivity index (χ2n) is 5.71. The summed E-state index contributed by atoms with van der Waals surface area (Å²) in [5, 5.41) is 5.59. The van der Waals surface area contributed by atoms with Crippen LogP contribution in [0.4, 0.5) is 0 Å². The third-order valence-corrected chi connectivity index (χ3v) is 6.16. The van der Waals surface area contributed by atoms with Crippen molar-refractivity contribution in [2.45, 2.75) is 0 Å². The van der Waals surface area contributed by atoms with Gasteiger partial charge in [-0.15, -0.1) is 0 Å². The third-order valence-electron chi connectivity index (χ3n) is 3.67. The van der Waals surface area contributed by atoms with Gasteiger partial charge < -0.3 is 0 Å². The van der Waals surface area contributed by atoms with Crippen LogP contribution in [0.3, 0.4) is 0 Å². The summed E-state index contributed by atoms with van der Waals surface area (Å²) in [6, 6.07) is 42.3. The Hall–Kier alpha value is -1.60. The van der Waals surface area contributed by atoms with Gasteiger partial charge in [-0.05, 0) is 21.2 Å². The van der Waals surface area contributed by atoms with Crippen LogP contribution in [-0.2, 0) is 20.4 Å². The van der Waals surface area contributed by atoms with E-state index in [1.807, 2.05) is 0 Å². The van der Waals surface area contributed by atoms with Gasteiger partial charge in [-0.1, -0.05) is 138 Å². The van der Waals surface area contributed by atoms with Crippen LogP contribution < -0.4 is 21.2 Å². The first-order valence-corrected chi connectivity index (χ1v) is 10.6. The molecule has 0 saturated heterocycles. The summed E-state index contributed by atoms with van der Waals surface area (Å²) in [4.78, 5) is 0. The maximum absolute atomic E-state index is 2.17. The molecule has 0 heterocycles. The van der Waals surface area contributed by atoms with Gasteiger partial charge in [0, 0.05) is 20.4 Å². The van der Waals surface area contributed by atoms with Gasteiger partial charge in [-0.25, -0.2) is 0 Å². The molecule has 0 aliphatic heterocycles. The van der Waals surface area contributed by atoms with Crippen LogP contribution in [0.2, 0.25) is 0 Å². The van der Waals surface area contributed by atoms with Crippen molar-refractivity contribution in [1.29, 1.82) is 0 Å². The van der Waals surface area contributed by atoms with Crippen molar-refractivity contribution in [3.63, 3.8) is 0 Å². The summed E-state index contributed by atoms with van der Waals surface area (Å²) in [5.74, 6) is 0. The van der Waals surface area contributed by atoms with Crippen molar-refractivity contribution in [2.75, 3.05) is 0 Å². The average molecular weight is 479 g/mol. The van der Waals surface area contributed by atoms with Crippen LogP contribution >= 0.6 is 17.2 Å². The van der Waals surface area contributed by atoms with E-state index in [0.717, 1.165) is 17.2 Å². The Bertz CT molecular complexity index is 715. The summed E-state index contributed by atoms with van der Waals surface area (Å²) >= 11 is 0. The molecular formula is C24H22P2Pd. The van der Waals surface area contributed by atoms with E-state index in [-0.39, 0.29) is 20.4 Å². The molecule has 3 heteroatoms. The minimum Gasteiger partial charge on any atom is -0.0622 e. The molecule has 0 aliphatic rings. The van der Waals surface area contributed by atoms with Gasteiger partial charge in [-0.3, -0.25) is 0 Å². The molecule has 0 nitrogen and oxygen atoms in total. The maximum atomic E-state index is 2.17. The molecule has 0 amide bonds. The molecule has 4 rings (SSSR count). The minimum atomic E-state index is 0. The average Bonchev–Trinajstić information content (AvgIpc) is 2.72. The molecule has 0 fully saturated rings. The molecule has 0 saturated carbocycles. The normalized spacial score (nSPS) is 9.48. The maximum Gasteiger partial charge on any atom is 0 e. The fourth-order valence-electron chi connectivity index (χ4n) is 2.42.